The molecule has 0 radical (unpaired) electrons. The van der Waals surface area contributed by atoms with Crippen molar-refractivity contribution in [1.29, 1.82) is 0 Å². The van der Waals surface area contributed by atoms with E-state index < -0.39 is 0 Å². The third-order valence-corrected chi connectivity index (χ3v) is 14.0. The second kappa shape index (κ2) is 17.0. The maximum absolute atomic E-state index is 11.9. The van der Waals surface area contributed by atoms with Crippen LogP contribution in [0.2, 0.25) is 0 Å². The number of nitrogens with zero attached hydrogens (tertiary/aromatic N) is 2. The van der Waals surface area contributed by atoms with E-state index in [1.165, 1.54) is 5.56 Å². The van der Waals surface area contributed by atoms with Crippen molar-refractivity contribution in [3.05, 3.63) is 248 Å². The number of hydrogen-bond donors (Lipinski definition) is 1. The van der Waals surface area contributed by atoms with Crippen LogP contribution in [0.25, 0.3) is 88.0 Å². The molecule has 338 valence electrons. The average Bonchev–Trinajstić information content (AvgIpc) is 3.99. The van der Waals surface area contributed by atoms with Crippen molar-refractivity contribution in [2.45, 2.75) is 13.8 Å². The first-order valence-corrected chi connectivity index (χ1v) is 24.1. The van der Waals surface area contributed by atoms with Crippen LogP contribution in [0.5, 0.6) is 5.75 Å². The lowest BCUT2D eigenvalue weighted by molar-refractivity contribution is 0.479. The Hall–Kier alpha value is -9.32. The van der Waals surface area contributed by atoms with Gasteiger partial charge < -0.3 is 23.7 Å². The average molecular weight is 915 g/mol. The van der Waals surface area contributed by atoms with Gasteiger partial charge in [-0.05, 0) is 102 Å². The molecule has 0 fully saturated rings. The molecule has 2 heterocycles. The minimum Gasteiger partial charge on any atom is -0.507 e. The van der Waals surface area contributed by atoms with Crippen LogP contribution in [0.3, 0.4) is 0 Å². The number of para-hydroxylation sites is 5. The molecule has 0 spiro atoms. The van der Waals surface area contributed by atoms with Gasteiger partial charge in [0.2, 0.25) is 0 Å². The topological polar surface area (TPSA) is 53.0 Å². The van der Waals surface area contributed by atoms with Crippen molar-refractivity contribution in [2.24, 2.45) is 0 Å². The van der Waals surface area contributed by atoms with E-state index in [1.54, 1.807) is 0 Å². The normalized spacial score (nSPS) is 11.6. The molecule has 0 aliphatic rings. The molecule has 0 atom stereocenters. The summed E-state index contributed by atoms with van der Waals surface area (Å²) >= 11 is 0. The summed E-state index contributed by atoms with van der Waals surface area (Å²) in [6, 6.07) is 82.2. The zero-order valence-corrected chi connectivity index (χ0v) is 39.2. The van der Waals surface area contributed by atoms with Crippen LogP contribution in [-0.2, 0) is 0 Å². The minimum atomic E-state index is 0.256. The molecule has 13 aromatic rings. The van der Waals surface area contributed by atoms with Gasteiger partial charge in [0.25, 0.3) is 0 Å². The van der Waals surface area contributed by atoms with Crippen LogP contribution in [0.4, 0.5) is 34.1 Å². The summed E-state index contributed by atoms with van der Waals surface area (Å²) in [5.41, 5.74) is 17.0. The molecular weight excluding hydrogens is 869 g/mol. The number of benzene rings is 11. The second-order valence-electron chi connectivity index (χ2n) is 18.3. The van der Waals surface area contributed by atoms with E-state index in [0.717, 1.165) is 128 Å². The molecule has 0 bridgehead atoms. The number of phenolic OH excluding ortho intramolecular Hbond substituents is 1. The van der Waals surface area contributed by atoms with E-state index in [-0.39, 0.29) is 5.75 Å². The Morgan fingerprint density at radius 3 is 1.58 bits per heavy atom. The quantitative estimate of drug-likeness (QED) is 0.156. The molecule has 0 aliphatic heterocycles. The van der Waals surface area contributed by atoms with E-state index in [1.807, 2.05) is 42.5 Å². The molecule has 2 aromatic heterocycles. The SMILES string of the molecule is Cc1ccccc1-c1cccc(-c2cccc(N(c3ccccc3)c3cc4oc5cc(N(c6ccccc6)c6cccc7c6oc6c(-c8ccccc8C)cccc67)ccc5c4c4ccccc34)c2)c1O. The Bertz CT molecular complexity index is 4170. The molecule has 0 aliphatic carbocycles. The fourth-order valence-electron chi connectivity index (χ4n) is 10.7. The lowest BCUT2D eigenvalue weighted by Gasteiger charge is -2.27. The van der Waals surface area contributed by atoms with Gasteiger partial charge in [-0.2, -0.15) is 0 Å². The molecule has 5 heteroatoms. The third kappa shape index (κ3) is 7.01. The number of phenols is 1. The highest BCUT2D eigenvalue weighted by atomic mass is 16.3. The van der Waals surface area contributed by atoms with E-state index in [4.69, 9.17) is 8.83 Å². The molecule has 0 saturated heterocycles. The number of rotatable bonds is 9. The summed E-state index contributed by atoms with van der Waals surface area (Å²) in [7, 11) is 0. The van der Waals surface area contributed by atoms with Crippen LogP contribution in [0.1, 0.15) is 11.1 Å². The van der Waals surface area contributed by atoms with Crippen LogP contribution >= 0.6 is 0 Å². The standard InChI is InChI=1S/C66H46N2O3/c1-42-19-9-11-27-49(42)54-32-16-31-51(64(54)69)44-21-15-26-47(39-44)68(46-24-7-4-8-25-46)60-41-62-63(53-30-14-13-29-52(53)60)58-38-37-48(40-61(58)70-62)67(45-22-5-3-6-23-45)59-36-18-35-57-56-34-17-33-55(65(56)71-66(57)59)50-28-12-10-20-43(50)2/h3-41,69H,1-2H3. The summed E-state index contributed by atoms with van der Waals surface area (Å²) in [5, 5.41) is 18.3. The molecule has 0 saturated carbocycles. The number of hydrogen-bond acceptors (Lipinski definition) is 5. The monoisotopic (exact) mass is 914 g/mol. The van der Waals surface area contributed by atoms with Crippen molar-refractivity contribution < 1.29 is 13.9 Å². The van der Waals surface area contributed by atoms with Gasteiger partial charge in [-0.3, -0.25) is 0 Å². The van der Waals surface area contributed by atoms with Gasteiger partial charge in [-0.25, -0.2) is 0 Å². The van der Waals surface area contributed by atoms with Crippen molar-refractivity contribution in [1.82, 2.24) is 0 Å². The van der Waals surface area contributed by atoms with Crippen molar-refractivity contribution >= 4 is 88.8 Å². The Morgan fingerprint density at radius 2 is 0.845 bits per heavy atom. The third-order valence-electron chi connectivity index (χ3n) is 14.0. The lowest BCUT2D eigenvalue weighted by Crippen LogP contribution is -2.10. The Morgan fingerprint density at radius 1 is 0.324 bits per heavy atom. The van der Waals surface area contributed by atoms with E-state index in [9.17, 15) is 5.11 Å². The van der Waals surface area contributed by atoms with Crippen molar-refractivity contribution in [3.8, 4) is 39.1 Å². The number of aryl methyl sites for hydroxylation is 2. The number of aromatic hydroxyl groups is 1. The maximum Gasteiger partial charge on any atom is 0.159 e. The van der Waals surface area contributed by atoms with Gasteiger partial charge >= 0.3 is 0 Å². The highest BCUT2D eigenvalue weighted by Crippen LogP contribution is 2.49. The van der Waals surface area contributed by atoms with Crippen LogP contribution in [0, 0.1) is 13.8 Å². The zero-order valence-electron chi connectivity index (χ0n) is 39.2. The van der Waals surface area contributed by atoms with Gasteiger partial charge in [0.15, 0.2) is 5.58 Å². The second-order valence-corrected chi connectivity index (χ2v) is 18.3. The summed E-state index contributed by atoms with van der Waals surface area (Å²) in [6.07, 6.45) is 0. The molecule has 0 amide bonds. The van der Waals surface area contributed by atoms with Gasteiger partial charge in [0.05, 0.1) is 17.1 Å². The largest absolute Gasteiger partial charge is 0.507 e. The first-order valence-electron chi connectivity index (χ1n) is 24.1. The summed E-state index contributed by atoms with van der Waals surface area (Å²) in [4.78, 5) is 4.56. The minimum absolute atomic E-state index is 0.256. The zero-order chi connectivity index (χ0) is 47.6. The molecule has 0 unspecified atom stereocenters. The Balaban J connectivity index is 0.973. The van der Waals surface area contributed by atoms with E-state index in [2.05, 4.69) is 218 Å². The first kappa shape index (κ1) is 41.8. The first-order chi connectivity index (χ1) is 35.0. The summed E-state index contributed by atoms with van der Waals surface area (Å²) in [5.74, 6) is 0.256. The van der Waals surface area contributed by atoms with E-state index in [0.29, 0.717) is 0 Å². The van der Waals surface area contributed by atoms with E-state index >= 15 is 0 Å². The van der Waals surface area contributed by atoms with Crippen LogP contribution in [0.15, 0.2) is 245 Å². The summed E-state index contributed by atoms with van der Waals surface area (Å²) < 4.78 is 14.1. The smallest absolute Gasteiger partial charge is 0.159 e. The number of furan rings is 2. The Kier molecular flexibility index (Phi) is 10.0. The maximum atomic E-state index is 11.9. The van der Waals surface area contributed by atoms with Gasteiger partial charge in [-0.15, -0.1) is 0 Å². The molecule has 13 rings (SSSR count). The van der Waals surface area contributed by atoms with Gasteiger partial charge in [-0.1, -0.05) is 170 Å². The molecular formula is C66H46N2O3. The fourth-order valence-corrected chi connectivity index (χ4v) is 10.7. The predicted octanol–water partition coefficient (Wildman–Crippen LogP) is 18.9. The van der Waals surface area contributed by atoms with Crippen molar-refractivity contribution in [3.63, 3.8) is 0 Å². The number of anilines is 6. The lowest BCUT2D eigenvalue weighted by atomic mass is 9.94. The Labute approximate surface area is 411 Å². The van der Waals surface area contributed by atoms with Crippen molar-refractivity contribution in [2.75, 3.05) is 9.80 Å². The predicted molar refractivity (Wildman–Crippen MR) is 295 cm³/mol. The fraction of sp³-hybridized carbons (Fsp3) is 0.0303. The number of fused-ring (bicyclic) bond motifs is 8. The summed E-state index contributed by atoms with van der Waals surface area (Å²) in [6.45, 7) is 4.23. The van der Waals surface area contributed by atoms with Gasteiger partial charge in [0.1, 0.15) is 22.5 Å². The molecule has 11 aromatic carbocycles. The van der Waals surface area contributed by atoms with Crippen LogP contribution < -0.4 is 9.80 Å². The highest BCUT2D eigenvalue weighted by molar-refractivity contribution is 6.23. The van der Waals surface area contributed by atoms with Gasteiger partial charge in [0, 0.05) is 72.8 Å². The molecule has 71 heavy (non-hydrogen) atoms. The highest BCUT2D eigenvalue weighted by Gasteiger charge is 2.25. The van der Waals surface area contributed by atoms with Crippen LogP contribution in [-0.4, -0.2) is 5.11 Å². The molecule has 5 nitrogen and oxygen atoms in total. The molecule has 1 N–H and O–H groups in total.